The number of pyridine rings is 2. The predicted octanol–water partition coefficient (Wildman–Crippen LogP) is 4.79. The SMILES string of the molecule is CC(=O)Nc1cncc(-c2ccnc(-c3ncc(-c4ccccc4)[nH]3)c2)c1.O=C(O)C(F)(F)F. The number of carbonyl (C=O) groups excluding carboxylic acids is 1. The molecule has 3 aromatic heterocycles. The number of amides is 1. The van der Waals surface area contributed by atoms with Gasteiger partial charge in [-0.15, -0.1) is 0 Å². The van der Waals surface area contributed by atoms with Gasteiger partial charge in [-0.25, -0.2) is 9.78 Å². The third-order valence-electron chi connectivity index (χ3n) is 4.30. The fourth-order valence-corrected chi connectivity index (χ4v) is 2.82. The van der Waals surface area contributed by atoms with Crippen molar-refractivity contribution in [1.82, 2.24) is 19.9 Å². The van der Waals surface area contributed by atoms with Crippen LogP contribution in [0.1, 0.15) is 6.92 Å². The van der Waals surface area contributed by atoms with Crippen molar-refractivity contribution in [2.24, 2.45) is 0 Å². The van der Waals surface area contributed by atoms with E-state index in [-0.39, 0.29) is 5.91 Å². The van der Waals surface area contributed by atoms with Crippen LogP contribution in [0.25, 0.3) is 33.9 Å². The van der Waals surface area contributed by atoms with Crippen LogP contribution >= 0.6 is 0 Å². The van der Waals surface area contributed by atoms with E-state index in [0.29, 0.717) is 11.5 Å². The van der Waals surface area contributed by atoms with Crippen molar-refractivity contribution >= 4 is 17.6 Å². The van der Waals surface area contributed by atoms with Crippen molar-refractivity contribution < 1.29 is 27.9 Å². The highest BCUT2D eigenvalue weighted by Gasteiger charge is 2.38. The van der Waals surface area contributed by atoms with E-state index in [1.165, 1.54) is 6.92 Å². The van der Waals surface area contributed by atoms with Crippen LogP contribution in [0.15, 0.2) is 73.3 Å². The average molecular weight is 469 g/mol. The molecule has 0 radical (unpaired) electrons. The number of carboxylic acid groups (broad SMARTS) is 1. The molecule has 174 valence electrons. The van der Waals surface area contributed by atoms with Gasteiger partial charge in [0, 0.05) is 24.9 Å². The van der Waals surface area contributed by atoms with Crippen LogP contribution in [0.3, 0.4) is 0 Å². The molecule has 4 rings (SSSR count). The van der Waals surface area contributed by atoms with E-state index >= 15 is 0 Å². The van der Waals surface area contributed by atoms with Gasteiger partial charge in [0.15, 0.2) is 5.82 Å². The zero-order valence-corrected chi connectivity index (χ0v) is 17.7. The molecule has 34 heavy (non-hydrogen) atoms. The van der Waals surface area contributed by atoms with Crippen LogP contribution in [-0.4, -0.2) is 43.1 Å². The molecule has 0 aliphatic heterocycles. The molecule has 3 N–H and O–H groups in total. The lowest BCUT2D eigenvalue weighted by atomic mass is 10.1. The van der Waals surface area contributed by atoms with E-state index in [0.717, 1.165) is 28.1 Å². The minimum atomic E-state index is -5.08. The van der Waals surface area contributed by atoms with Crippen molar-refractivity contribution in [2.45, 2.75) is 13.1 Å². The van der Waals surface area contributed by atoms with E-state index in [2.05, 4.69) is 25.3 Å². The number of H-pyrrole nitrogens is 1. The van der Waals surface area contributed by atoms with E-state index in [1.54, 1.807) is 24.8 Å². The molecule has 3 heterocycles. The second kappa shape index (κ2) is 10.4. The van der Waals surface area contributed by atoms with Crippen molar-refractivity contribution in [1.29, 1.82) is 0 Å². The molecule has 0 saturated carbocycles. The molecule has 0 saturated heterocycles. The summed E-state index contributed by atoms with van der Waals surface area (Å²) in [5.74, 6) is -2.19. The maximum absolute atomic E-state index is 11.3. The number of anilines is 1. The van der Waals surface area contributed by atoms with Crippen LogP contribution in [0.4, 0.5) is 18.9 Å². The quantitative estimate of drug-likeness (QED) is 0.395. The first-order valence-electron chi connectivity index (χ1n) is 9.73. The highest BCUT2D eigenvalue weighted by molar-refractivity contribution is 5.89. The van der Waals surface area contributed by atoms with E-state index in [1.807, 2.05) is 48.5 Å². The molecule has 0 aliphatic carbocycles. The van der Waals surface area contributed by atoms with Gasteiger partial charge in [0.1, 0.15) is 5.69 Å². The number of imidazole rings is 1. The number of aromatic nitrogens is 4. The van der Waals surface area contributed by atoms with Gasteiger partial charge in [0.2, 0.25) is 5.91 Å². The number of aromatic amines is 1. The predicted molar refractivity (Wildman–Crippen MR) is 118 cm³/mol. The number of nitrogens with zero attached hydrogens (tertiary/aromatic N) is 3. The first-order valence-corrected chi connectivity index (χ1v) is 9.73. The number of benzene rings is 1. The van der Waals surface area contributed by atoms with Gasteiger partial charge in [0.05, 0.1) is 23.8 Å². The van der Waals surface area contributed by atoms with Gasteiger partial charge < -0.3 is 15.4 Å². The standard InChI is InChI=1S/C21H17N5O.C2HF3O2/c1-14(27)25-18-9-17(11-22-12-18)16-7-8-23-19(10-16)21-24-13-20(26-21)15-5-3-2-4-6-15;3-2(4,5)1(6)7/h2-13H,1H3,(H,24,26)(H,25,27);(H,6,7). The number of nitrogens with one attached hydrogen (secondary N) is 2. The van der Waals surface area contributed by atoms with Gasteiger partial charge in [-0.1, -0.05) is 30.3 Å². The lowest BCUT2D eigenvalue weighted by Gasteiger charge is -2.06. The summed E-state index contributed by atoms with van der Waals surface area (Å²) < 4.78 is 31.7. The highest BCUT2D eigenvalue weighted by atomic mass is 19.4. The number of alkyl halides is 3. The zero-order chi connectivity index (χ0) is 24.7. The molecule has 0 fully saturated rings. The number of rotatable bonds is 4. The van der Waals surface area contributed by atoms with Crippen molar-refractivity contribution in [3.63, 3.8) is 0 Å². The second-order valence-electron chi connectivity index (χ2n) is 6.89. The first-order chi connectivity index (χ1) is 16.1. The van der Waals surface area contributed by atoms with Crippen LogP contribution in [0.5, 0.6) is 0 Å². The lowest BCUT2D eigenvalue weighted by molar-refractivity contribution is -0.192. The Bertz CT molecular complexity index is 1290. The van der Waals surface area contributed by atoms with Crippen molar-refractivity contribution in [2.75, 3.05) is 5.32 Å². The number of carbonyl (C=O) groups is 2. The average Bonchev–Trinajstić information content (AvgIpc) is 3.30. The molecule has 0 bridgehead atoms. The van der Waals surface area contributed by atoms with Gasteiger partial charge in [0.25, 0.3) is 0 Å². The normalized spacial score (nSPS) is 10.7. The Balaban J connectivity index is 0.000000406. The number of hydrogen-bond acceptors (Lipinski definition) is 5. The molecule has 1 aromatic carbocycles. The van der Waals surface area contributed by atoms with Crippen molar-refractivity contribution in [3.8, 4) is 33.9 Å². The van der Waals surface area contributed by atoms with Crippen molar-refractivity contribution in [3.05, 3.63) is 73.3 Å². The minimum Gasteiger partial charge on any atom is -0.475 e. The summed E-state index contributed by atoms with van der Waals surface area (Å²) in [7, 11) is 0. The number of halogens is 3. The van der Waals surface area contributed by atoms with E-state index in [4.69, 9.17) is 9.90 Å². The molecule has 4 aromatic rings. The monoisotopic (exact) mass is 469 g/mol. The summed E-state index contributed by atoms with van der Waals surface area (Å²) in [4.78, 5) is 36.6. The fraction of sp³-hybridized carbons (Fsp3) is 0.0870. The minimum absolute atomic E-state index is 0.131. The first kappa shape index (κ1) is 24.1. The van der Waals surface area contributed by atoms with Crippen LogP contribution < -0.4 is 5.32 Å². The Morgan fingerprint density at radius 3 is 2.29 bits per heavy atom. The van der Waals surface area contributed by atoms with Crippen LogP contribution in [-0.2, 0) is 9.59 Å². The third-order valence-corrected chi connectivity index (χ3v) is 4.30. The number of carboxylic acids is 1. The van der Waals surface area contributed by atoms with Gasteiger partial charge in [-0.3, -0.25) is 14.8 Å². The summed E-state index contributed by atoms with van der Waals surface area (Å²) in [6.07, 6.45) is 1.83. The Morgan fingerprint density at radius 1 is 0.941 bits per heavy atom. The Morgan fingerprint density at radius 2 is 1.65 bits per heavy atom. The third kappa shape index (κ3) is 6.48. The molecule has 0 atom stereocenters. The molecular weight excluding hydrogens is 451 g/mol. The lowest BCUT2D eigenvalue weighted by Crippen LogP contribution is -2.21. The fourth-order valence-electron chi connectivity index (χ4n) is 2.82. The topological polar surface area (TPSA) is 121 Å². The summed E-state index contributed by atoms with van der Waals surface area (Å²) >= 11 is 0. The summed E-state index contributed by atoms with van der Waals surface area (Å²) in [6.45, 7) is 1.47. The Kier molecular flexibility index (Phi) is 7.36. The largest absolute Gasteiger partial charge is 0.490 e. The Labute approximate surface area is 191 Å². The smallest absolute Gasteiger partial charge is 0.475 e. The molecule has 0 aliphatic rings. The second-order valence-corrected chi connectivity index (χ2v) is 6.89. The van der Waals surface area contributed by atoms with Gasteiger partial charge in [-0.05, 0) is 29.3 Å². The van der Waals surface area contributed by atoms with E-state index < -0.39 is 12.1 Å². The maximum atomic E-state index is 11.3. The summed E-state index contributed by atoms with van der Waals surface area (Å²) in [6, 6.07) is 15.7. The zero-order valence-electron chi connectivity index (χ0n) is 17.7. The molecule has 11 heteroatoms. The van der Waals surface area contributed by atoms with Gasteiger partial charge in [-0.2, -0.15) is 13.2 Å². The highest BCUT2D eigenvalue weighted by Crippen LogP contribution is 2.26. The van der Waals surface area contributed by atoms with Gasteiger partial charge >= 0.3 is 12.1 Å². The maximum Gasteiger partial charge on any atom is 0.490 e. The summed E-state index contributed by atoms with van der Waals surface area (Å²) in [5, 5.41) is 9.87. The number of hydrogen-bond donors (Lipinski definition) is 3. The van der Waals surface area contributed by atoms with Crippen LogP contribution in [0.2, 0.25) is 0 Å². The number of aliphatic carboxylic acids is 1. The van der Waals surface area contributed by atoms with E-state index in [9.17, 15) is 18.0 Å². The van der Waals surface area contributed by atoms with Crippen LogP contribution in [0, 0.1) is 0 Å². The molecule has 8 nitrogen and oxygen atoms in total. The molecule has 0 unspecified atom stereocenters. The Hall–Kier alpha value is -4.54. The molecular formula is C23H18F3N5O3. The molecule has 0 spiro atoms. The molecule has 1 amide bonds. The summed E-state index contributed by atoms with van der Waals surface area (Å²) in [5.41, 5.74) is 5.23.